The molecule has 0 saturated heterocycles. The molecule has 28 heavy (non-hydrogen) atoms. The number of hydrogen-bond acceptors (Lipinski definition) is 0. The van der Waals surface area contributed by atoms with Gasteiger partial charge in [0.05, 0.1) is 0 Å². The van der Waals surface area contributed by atoms with Crippen LogP contribution < -0.4 is 0 Å². The van der Waals surface area contributed by atoms with Gasteiger partial charge in [0.25, 0.3) is 0 Å². The predicted molar refractivity (Wildman–Crippen MR) is 123 cm³/mol. The summed E-state index contributed by atoms with van der Waals surface area (Å²) >= 11 is 0. The summed E-state index contributed by atoms with van der Waals surface area (Å²) in [5, 5.41) is 2.51. The fourth-order valence-corrected chi connectivity index (χ4v) is 3.43. The van der Waals surface area contributed by atoms with Crippen LogP contribution in [0.25, 0.3) is 28.5 Å². The van der Waals surface area contributed by atoms with Gasteiger partial charge < -0.3 is 0 Å². The van der Waals surface area contributed by atoms with E-state index >= 15 is 0 Å². The van der Waals surface area contributed by atoms with E-state index in [-0.39, 0.29) is 0 Å². The Morgan fingerprint density at radius 3 is 2.07 bits per heavy atom. The molecule has 0 bridgehead atoms. The lowest BCUT2D eigenvalue weighted by atomic mass is 9.93. The molecule has 0 unspecified atom stereocenters. The number of allylic oxidation sites excluding steroid dienone is 2. The highest BCUT2D eigenvalue weighted by atomic mass is 14.1. The zero-order valence-corrected chi connectivity index (χ0v) is 15.8. The van der Waals surface area contributed by atoms with Crippen molar-refractivity contribution >= 4 is 28.5 Å². The Balaban J connectivity index is 1.91. The van der Waals surface area contributed by atoms with E-state index in [0.29, 0.717) is 0 Å². The highest BCUT2D eigenvalue weighted by Gasteiger charge is 2.07. The first-order valence-corrected chi connectivity index (χ1v) is 9.49. The lowest BCUT2D eigenvalue weighted by molar-refractivity contribution is 1.56. The fourth-order valence-electron chi connectivity index (χ4n) is 3.43. The minimum absolute atomic E-state index is 1.18. The van der Waals surface area contributed by atoms with Gasteiger partial charge in [0.2, 0.25) is 0 Å². The first-order chi connectivity index (χ1) is 13.8. The monoisotopic (exact) mass is 358 g/mol. The summed E-state index contributed by atoms with van der Waals surface area (Å²) in [6.45, 7) is 3.79. The van der Waals surface area contributed by atoms with E-state index in [0.717, 1.165) is 0 Å². The molecule has 0 aliphatic carbocycles. The van der Waals surface area contributed by atoms with Gasteiger partial charge in [-0.1, -0.05) is 116 Å². The lowest BCUT2D eigenvalue weighted by Gasteiger charge is -2.11. The Bertz CT molecular complexity index is 1160. The first-order valence-electron chi connectivity index (χ1n) is 9.49. The highest BCUT2D eigenvalue weighted by Crippen LogP contribution is 2.29. The van der Waals surface area contributed by atoms with Crippen LogP contribution in [0.5, 0.6) is 0 Å². The normalized spacial score (nSPS) is 11.8. The van der Waals surface area contributed by atoms with Crippen LogP contribution in [0.15, 0.2) is 116 Å². The van der Waals surface area contributed by atoms with Gasteiger partial charge in [-0.25, -0.2) is 0 Å². The number of benzene rings is 4. The predicted octanol–water partition coefficient (Wildman–Crippen LogP) is 7.63. The Morgan fingerprint density at radius 1 is 0.607 bits per heavy atom. The van der Waals surface area contributed by atoms with Gasteiger partial charge in [0.1, 0.15) is 0 Å². The Labute approximate surface area is 166 Å². The number of rotatable bonds is 5. The molecule has 4 aromatic carbocycles. The number of hydrogen-bond donors (Lipinski definition) is 0. The van der Waals surface area contributed by atoms with Crippen LogP contribution in [0.1, 0.15) is 22.3 Å². The maximum absolute atomic E-state index is 3.79. The summed E-state index contributed by atoms with van der Waals surface area (Å²) in [6, 6.07) is 34.2. The Hall–Kier alpha value is -3.64. The van der Waals surface area contributed by atoms with Gasteiger partial charge in [0.15, 0.2) is 0 Å². The standard InChI is InChI=1S/C28H22/c1-2-3-11-22-12-7-10-17-26(22)21-28(24-14-5-4-6-15-24)27-19-18-23-13-8-9-16-25(23)20-27/h2-21H,1H2/b11-3-,28-21-. The van der Waals surface area contributed by atoms with Crippen LogP contribution in [-0.4, -0.2) is 0 Å². The average molecular weight is 358 g/mol. The topological polar surface area (TPSA) is 0 Å². The minimum Gasteiger partial charge on any atom is -0.0991 e. The van der Waals surface area contributed by atoms with Crippen molar-refractivity contribution in [2.45, 2.75) is 0 Å². The van der Waals surface area contributed by atoms with Crippen molar-refractivity contribution in [1.82, 2.24) is 0 Å². The number of fused-ring (bicyclic) bond motifs is 1. The molecule has 0 atom stereocenters. The molecule has 0 aliphatic rings. The van der Waals surface area contributed by atoms with Gasteiger partial charge in [-0.05, 0) is 50.7 Å². The van der Waals surface area contributed by atoms with Gasteiger partial charge in [0, 0.05) is 0 Å². The van der Waals surface area contributed by atoms with E-state index in [1.54, 1.807) is 0 Å². The van der Waals surface area contributed by atoms with E-state index in [4.69, 9.17) is 0 Å². The highest BCUT2D eigenvalue weighted by molar-refractivity contribution is 5.96. The minimum atomic E-state index is 1.18. The van der Waals surface area contributed by atoms with E-state index in [1.165, 1.54) is 38.6 Å². The summed E-state index contributed by atoms with van der Waals surface area (Å²) < 4.78 is 0. The first kappa shape index (κ1) is 17.8. The third-order valence-corrected chi connectivity index (χ3v) is 4.85. The van der Waals surface area contributed by atoms with E-state index in [9.17, 15) is 0 Å². The third kappa shape index (κ3) is 3.87. The molecule has 0 aromatic heterocycles. The van der Waals surface area contributed by atoms with Crippen LogP contribution in [0.2, 0.25) is 0 Å². The molecule has 0 fully saturated rings. The van der Waals surface area contributed by atoms with Crippen LogP contribution in [0.4, 0.5) is 0 Å². The van der Waals surface area contributed by atoms with Gasteiger partial charge in [-0.15, -0.1) is 0 Å². The molecule has 4 aromatic rings. The molecular formula is C28H22. The maximum Gasteiger partial charge on any atom is -0.0105 e. The van der Waals surface area contributed by atoms with Gasteiger partial charge >= 0.3 is 0 Å². The molecular weight excluding hydrogens is 336 g/mol. The summed E-state index contributed by atoms with van der Waals surface area (Å²) in [5.41, 5.74) is 6.00. The second-order valence-electron chi connectivity index (χ2n) is 6.71. The smallest absolute Gasteiger partial charge is 0.0105 e. The zero-order chi connectivity index (χ0) is 19.2. The van der Waals surface area contributed by atoms with Crippen molar-refractivity contribution in [2.24, 2.45) is 0 Å². The fraction of sp³-hybridized carbons (Fsp3) is 0. The molecule has 0 radical (unpaired) electrons. The molecule has 134 valence electrons. The van der Waals surface area contributed by atoms with Crippen molar-refractivity contribution in [2.75, 3.05) is 0 Å². The third-order valence-electron chi connectivity index (χ3n) is 4.85. The maximum atomic E-state index is 3.79. The van der Waals surface area contributed by atoms with Gasteiger partial charge in [-0.2, -0.15) is 0 Å². The molecule has 0 spiro atoms. The quantitative estimate of drug-likeness (QED) is 0.254. The largest absolute Gasteiger partial charge is 0.0991 e. The summed E-state index contributed by atoms with van der Waals surface area (Å²) in [5.74, 6) is 0. The van der Waals surface area contributed by atoms with E-state index in [2.05, 4.69) is 116 Å². The van der Waals surface area contributed by atoms with Crippen molar-refractivity contribution in [3.8, 4) is 0 Å². The van der Waals surface area contributed by atoms with Crippen molar-refractivity contribution < 1.29 is 0 Å². The summed E-state index contributed by atoms with van der Waals surface area (Å²) in [4.78, 5) is 0. The molecule has 0 heterocycles. The Morgan fingerprint density at radius 2 is 1.29 bits per heavy atom. The average Bonchev–Trinajstić information content (AvgIpc) is 2.77. The second-order valence-corrected chi connectivity index (χ2v) is 6.71. The molecule has 0 nitrogen and oxygen atoms in total. The van der Waals surface area contributed by atoms with Gasteiger partial charge in [-0.3, -0.25) is 0 Å². The van der Waals surface area contributed by atoms with Crippen LogP contribution in [0.3, 0.4) is 0 Å². The van der Waals surface area contributed by atoms with Crippen molar-refractivity contribution in [3.63, 3.8) is 0 Å². The van der Waals surface area contributed by atoms with Crippen LogP contribution >= 0.6 is 0 Å². The molecule has 0 amide bonds. The van der Waals surface area contributed by atoms with E-state index < -0.39 is 0 Å². The summed E-state index contributed by atoms with van der Waals surface area (Å²) in [7, 11) is 0. The van der Waals surface area contributed by atoms with Crippen molar-refractivity contribution in [1.29, 1.82) is 0 Å². The molecule has 4 rings (SSSR count). The van der Waals surface area contributed by atoms with E-state index in [1.807, 2.05) is 12.2 Å². The Kier molecular flexibility index (Phi) is 5.31. The SMILES string of the molecule is C=C/C=C\c1ccccc1/C=C(/c1ccccc1)c1ccc2ccccc2c1. The zero-order valence-electron chi connectivity index (χ0n) is 15.8. The molecule has 0 saturated carbocycles. The lowest BCUT2D eigenvalue weighted by Crippen LogP contribution is -1.90. The molecule has 0 heteroatoms. The van der Waals surface area contributed by atoms with Crippen LogP contribution in [0, 0.1) is 0 Å². The molecule has 0 N–H and O–H groups in total. The summed E-state index contributed by atoms with van der Waals surface area (Å²) in [6.07, 6.45) is 8.16. The van der Waals surface area contributed by atoms with Crippen LogP contribution in [-0.2, 0) is 0 Å². The van der Waals surface area contributed by atoms with Crippen molar-refractivity contribution in [3.05, 3.63) is 138 Å². The second kappa shape index (κ2) is 8.37. The molecule has 0 aliphatic heterocycles.